The van der Waals surface area contributed by atoms with Crippen molar-refractivity contribution < 1.29 is 24.3 Å². The van der Waals surface area contributed by atoms with E-state index in [2.05, 4.69) is 10.3 Å². The second kappa shape index (κ2) is 13.2. The SMILES string of the molecule is CCc1cc([N+](=O)[O-])c(C(C)COC[C@H]2O[C@@H](n3ccc(NC(C)=O)nc3=O)C[C@@H]2O)cc1Sc1ccccc1. The van der Waals surface area contributed by atoms with Gasteiger partial charge >= 0.3 is 5.69 Å². The van der Waals surface area contributed by atoms with Crippen molar-refractivity contribution in [3.05, 3.63) is 86.5 Å². The Morgan fingerprint density at radius 3 is 2.73 bits per heavy atom. The Bertz CT molecular complexity index is 1420. The van der Waals surface area contributed by atoms with Crippen LogP contribution in [-0.2, 0) is 20.7 Å². The quantitative estimate of drug-likeness (QED) is 0.255. The number of ether oxygens (including phenoxy) is 2. The predicted molar refractivity (Wildman–Crippen MR) is 150 cm³/mol. The van der Waals surface area contributed by atoms with Gasteiger partial charge in [-0.1, -0.05) is 43.8 Å². The van der Waals surface area contributed by atoms with Crippen LogP contribution in [0.1, 0.15) is 50.5 Å². The summed E-state index contributed by atoms with van der Waals surface area (Å²) in [7, 11) is 0. The second-order valence-electron chi connectivity index (χ2n) is 9.60. The lowest BCUT2D eigenvalue weighted by Gasteiger charge is -2.19. The summed E-state index contributed by atoms with van der Waals surface area (Å²) in [5, 5.41) is 24.9. The first-order valence-corrected chi connectivity index (χ1v) is 13.8. The molecule has 1 aliphatic rings. The summed E-state index contributed by atoms with van der Waals surface area (Å²) < 4.78 is 13.0. The Balaban J connectivity index is 1.42. The molecule has 0 saturated carbocycles. The lowest BCUT2D eigenvalue weighted by Crippen LogP contribution is -2.29. The summed E-state index contributed by atoms with van der Waals surface area (Å²) in [6.07, 6.45) is -0.0432. The van der Waals surface area contributed by atoms with Gasteiger partial charge in [0, 0.05) is 46.9 Å². The topological polar surface area (TPSA) is 146 Å². The number of carbonyl (C=O) groups is 1. The molecule has 1 aromatic heterocycles. The van der Waals surface area contributed by atoms with Gasteiger partial charge in [0.05, 0.1) is 24.2 Å². The van der Waals surface area contributed by atoms with Gasteiger partial charge in [-0.2, -0.15) is 4.98 Å². The first-order chi connectivity index (χ1) is 19.2. The van der Waals surface area contributed by atoms with E-state index in [9.17, 15) is 24.8 Å². The highest BCUT2D eigenvalue weighted by Gasteiger charge is 2.36. The van der Waals surface area contributed by atoms with Crippen molar-refractivity contribution in [2.45, 2.75) is 67.8 Å². The number of nitrogens with one attached hydrogen (secondary N) is 1. The van der Waals surface area contributed by atoms with Gasteiger partial charge in [-0.25, -0.2) is 4.79 Å². The van der Waals surface area contributed by atoms with Gasteiger partial charge in [0.15, 0.2) is 0 Å². The fourth-order valence-corrected chi connectivity index (χ4v) is 5.60. The number of nitro groups is 1. The fraction of sp³-hybridized carbons (Fsp3) is 0.393. The maximum absolute atomic E-state index is 12.4. The average molecular weight is 569 g/mol. The minimum Gasteiger partial charge on any atom is -0.390 e. The van der Waals surface area contributed by atoms with Crippen LogP contribution in [0, 0.1) is 10.1 Å². The van der Waals surface area contributed by atoms with Crippen molar-refractivity contribution in [1.82, 2.24) is 9.55 Å². The molecule has 1 saturated heterocycles. The number of carbonyl (C=O) groups excluding carboxylic acids is 1. The van der Waals surface area contributed by atoms with Crippen LogP contribution in [0.4, 0.5) is 11.5 Å². The van der Waals surface area contributed by atoms with Crippen LogP contribution >= 0.6 is 11.8 Å². The number of aryl methyl sites for hydroxylation is 1. The Morgan fingerprint density at radius 2 is 2.08 bits per heavy atom. The number of aromatic nitrogens is 2. The molecule has 212 valence electrons. The van der Waals surface area contributed by atoms with Gasteiger partial charge in [-0.05, 0) is 36.2 Å². The highest BCUT2D eigenvalue weighted by molar-refractivity contribution is 7.99. The summed E-state index contributed by atoms with van der Waals surface area (Å²) >= 11 is 1.57. The first kappa shape index (κ1) is 29.4. The molecule has 0 radical (unpaired) electrons. The number of benzene rings is 2. The lowest BCUT2D eigenvalue weighted by molar-refractivity contribution is -0.385. The van der Waals surface area contributed by atoms with Gasteiger partial charge in [0.1, 0.15) is 18.1 Å². The Morgan fingerprint density at radius 1 is 1.32 bits per heavy atom. The molecule has 0 aliphatic carbocycles. The number of aliphatic hydroxyl groups is 1. The minimum atomic E-state index is -0.880. The fourth-order valence-electron chi connectivity index (χ4n) is 4.54. The van der Waals surface area contributed by atoms with Gasteiger partial charge in [0.25, 0.3) is 5.69 Å². The van der Waals surface area contributed by atoms with Crippen molar-refractivity contribution >= 4 is 29.2 Å². The van der Waals surface area contributed by atoms with Crippen molar-refractivity contribution in [2.24, 2.45) is 0 Å². The number of anilines is 1. The number of rotatable bonds is 11. The van der Waals surface area contributed by atoms with Crippen LogP contribution in [0.15, 0.2) is 69.3 Å². The lowest BCUT2D eigenvalue weighted by atomic mass is 9.97. The summed E-state index contributed by atoms with van der Waals surface area (Å²) in [5.74, 6) is -0.516. The zero-order valence-corrected chi connectivity index (χ0v) is 23.3. The van der Waals surface area contributed by atoms with Gasteiger partial charge in [-0.3, -0.25) is 19.5 Å². The molecule has 2 N–H and O–H groups in total. The van der Waals surface area contributed by atoms with Crippen LogP contribution in [0.25, 0.3) is 0 Å². The summed E-state index contributed by atoms with van der Waals surface area (Å²) in [6, 6.07) is 14.9. The molecule has 4 rings (SSSR count). The minimum absolute atomic E-state index is 0.0423. The molecule has 4 atom stereocenters. The number of nitrogens with zero attached hydrogens (tertiary/aromatic N) is 3. The number of hydrogen-bond donors (Lipinski definition) is 2. The van der Waals surface area contributed by atoms with Gasteiger partial charge < -0.3 is 19.9 Å². The molecule has 1 unspecified atom stereocenters. The number of amides is 1. The third kappa shape index (κ3) is 7.13. The van der Waals surface area contributed by atoms with Crippen LogP contribution in [0.5, 0.6) is 0 Å². The van der Waals surface area contributed by atoms with Crippen molar-refractivity contribution in [1.29, 1.82) is 0 Å². The van der Waals surface area contributed by atoms with E-state index in [-0.39, 0.29) is 47.9 Å². The molecule has 0 spiro atoms. The van der Waals surface area contributed by atoms with E-state index in [0.717, 1.165) is 15.4 Å². The Labute approximate surface area is 235 Å². The largest absolute Gasteiger partial charge is 0.390 e. The van der Waals surface area contributed by atoms with E-state index in [1.54, 1.807) is 17.8 Å². The smallest absolute Gasteiger partial charge is 0.351 e. The number of aliphatic hydroxyl groups excluding tert-OH is 1. The zero-order chi connectivity index (χ0) is 28.8. The molecule has 40 heavy (non-hydrogen) atoms. The van der Waals surface area contributed by atoms with E-state index >= 15 is 0 Å². The normalized spacial score (nSPS) is 19.4. The molecular weight excluding hydrogens is 536 g/mol. The number of hydrogen-bond acceptors (Lipinski definition) is 9. The molecule has 2 heterocycles. The molecule has 11 nitrogen and oxygen atoms in total. The van der Waals surface area contributed by atoms with Crippen molar-refractivity contribution in [3.63, 3.8) is 0 Å². The van der Waals surface area contributed by atoms with Crippen molar-refractivity contribution in [3.8, 4) is 0 Å². The third-order valence-electron chi connectivity index (χ3n) is 6.59. The highest BCUT2D eigenvalue weighted by atomic mass is 32.2. The first-order valence-electron chi connectivity index (χ1n) is 13.0. The summed E-state index contributed by atoms with van der Waals surface area (Å²) in [6.45, 7) is 5.37. The second-order valence-corrected chi connectivity index (χ2v) is 10.7. The monoisotopic (exact) mass is 568 g/mol. The zero-order valence-electron chi connectivity index (χ0n) is 22.5. The van der Waals surface area contributed by atoms with Crippen LogP contribution in [0.2, 0.25) is 0 Å². The van der Waals surface area contributed by atoms with E-state index < -0.39 is 24.1 Å². The molecule has 1 amide bonds. The molecule has 12 heteroatoms. The third-order valence-corrected chi connectivity index (χ3v) is 7.70. The Hall–Kier alpha value is -3.58. The van der Waals surface area contributed by atoms with Crippen LogP contribution in [-0.4, -0.2) is 50.9 Å². The molecular formula is C28H32N4O7S. The number of nitro benzene ring substituents is 1. The van der Waals surface area contributed by atoms with Gasteiger partial charge in [-0.15, -0.1) is 0 Å². The van der Waals surface area contributed by atoms with E-state index in [0.29, 0.717) is 12.0 Å². The molecule has 2 aromatic carbocycles. The maximum Gasteiger partial charge on any atom is 0.351 e. The Kier molecular flexibility index (Phi) is 9.69. The summed E-state index contributed by atoms with van der Waals surface area (Å²) in [4.78, 5) is 41.0. The van der Waals surface area contributed by atoms with Gasteiger partial charge in [0.2, 0.25) is 5.91 Å². The summed E-state index contributed by atoms with van der Waals surface area (Å²) in [5.41, 5.74) is 0.909. The standard InChI is InChI=1S/C28H32N4O7S/c1-4-19-12-22(32(36)37)21(13-25(19)40-20-8-6-5-7-9-20)17(2)15-38-16-24-23(34)14-27(39-24)31-11-10-26(29-18(3)33)30-28(31)35/h5-13,17,23-24,27,34H,4,14-16H2,1-3H3,(H,29,30,33,35)/t17?,23-,24+,27+/m0/s1. The van der Waals surface area contributed by atoms with E-state index in [4.69, 9.17) is 9.47 Å². The van der Waals surface area contributed by atoms with Crippen molar-refractivity contribution in [2.75, 3.05) is 18.5 Å². The highest BCUT2D eigenvalue weighted by Crippen LogP contribution is 2.38. The maximum atomic E-state index is 12.4. The van der Waals surface area contributed by atoms with Crippen LogP contribution in [0.3, 0.4) is 0 Å². The average Bonchev–Trinajstić information content (AvgIpc) is 3.28. The van der Waals surface area contributed by atoms with Crippen LogP contribution < -0.4 is 11.0 Å². The molecule has 1 fully saturated rings. The molecule has 0 bridgehead atoms. The van der Waals surface area contributed by atoms with E-state index in [1.165, 1.54) is 23.8 Å². The molecule has 1 aliphatic heterocycles. The predicted octanol–water partition coefficient (Wildman–Crippen LogP) is 4.29. The van der Waals surface area contributed by atoms with E-state index in [1.807, 2.05) is 50.2 Å². The molecule has 3 aromatic rings.